The van der Waals surface area contributed by atoms with Crippen LogP contribution < -0.4 is 0 Å². The van der Waals surface area contributed by atoms with Gasteiger partial charge < -0.3 is 19.3 Å². The second-order valence-corrected chi connectivity index (χ2v) is 19.8. The molecule has 0 amide bonds. The molecule has 0 fully saturated rings. The monoisotopic (exact) mass is 911 g/mol. The first-order chi connectivity index (χ1) is 30.8. The predicted octanol–water partition coefficient (Wildman–Crippen LogP) is 17.5. The highest BCUT2D eigenvalue weighted by atomic mass is 31.2. The molecular weight excluding hydrogens is 808 g/mol. The van der Waals surface area contributed by atoms with Crippen LogP contribution in [-0.4, -0.2) is 41.0 Å². The fourth-order valence-corrected chi connectivity index (χ4v) is 8.52. The number of phosphoric acid groups is 1. The van der Waals surface area contributed by atoms with Crippen molar-refractivity contribution in [3.05, 3.63) is 24.3 Å². The normalized spacial score (nSPS) is 12.5. The Bertz CT molecular complexity index is 1070. The van der Waals surface area contributed by atoms with Gasteiger partial charge in [-0.1, -0.05) is 256 Å². The van der Waals surface area contributed by atoms with Crippen molar-refractivity contribution >= 4 is 19.8 Å². The van der Waals surface area contributed by atoms with Gasteiger partial charge in [0.05, 0.1) is 6.61 Å². The Morgan fingerprint density at radius 1 is 0.397 bits per heavy atom. The number of ether oxygens (including phenoxy) is 2. The molecule has 0 aliphatic heterocycles. The van der Waals surface area contributed by atoms with Crippen LogP contribution in [0.25, 0.3) is 0 Å². The van der Waals surface area contributed by atoms with Crippen LogP contribution in [0, 0.1) is 0 Å². The summed E-state index contributed by atoms with van der Waals surface area (Å²) in [6, 6.07) is 0. The lowest BCUT2D eigenvalue weighted by atomic mass is 10.0. The first-order valence-electron chi connectivity index (χ1n) is 27.1. The largest absolute Gasteiger partial charge is 0.469 e. The highest BCUT2D eigenvalue weighted by Crippen LogP contribution is 2.36. The number of hydrogen-bond acceptors (Lipinski definition) is 6. The van der Waals surface area contributed by atoms with Gasteiger partial charge in [-0.15, -0.1) is 0 Å². The fraction of sp³-hybridized carbons (Fsp3) is 0.889. The number of allylic oxidation sites excluding steroid dienone is 4. The van der Waals surface area contributed by atoms with E-state index in [-0.39, 0.29) is 19.4 Å². The van der Waals surface area contributed by atoms with Gasteiger partial charge in [-0.05, 0) is 44.9 Å². The molecule has 0 bridgehead atoms. The Balaban J connectivity index is 3.81. The van der Waals surface area contributed by atoms with Gasteiger partial charge in [0.15, 0.2) is 6.10 Å². The van der Waals surface area contributed by atoms with Crippen molar-refractivity contribution in [2.24, 2.45) is 0 Å². The number of phosphoric ester groups is 1. The van der Waals surface area contributed by atoms with E-state index in [0.717, 1.165) is 44.9 Å². The van der Waals surface area contributed by atoms with Crippen molar-refractivity contribution in [3.63, 3.8) is 0 Å². The van der Waals surface area contributed by atoms with Gasteiger partial charge in [-0.2, -0.15) is 0 Å². The fourth-order valence-electron chi connectivity index (χ4n) is 8.16. The van der Waals surface area contributed by atoms with E-state index in [0.29, 0.717) is 6.42 Å². The Morgan fingerprint density at radius 3 is 1.06 bits per heavy atom. The highest BCUT2D eigenvalue weighted by Gasteiger charge is 2.23. The molecule has 0 aliphatic rings. The highest BCUT2D eigenvalue weighted by molar-refractivity contribution is 7.46. The lowest BCUT2D eigenvalue weighted by Gasteiger charge is -2.18. The van der Waals surface area contributed by atoms with Crippen LogP contribution in [0.15, 0.2) is 24.3 Å². The van der Waals surface area contributed by atoms with Crippen molar-refractivity contribution in [2.45, 2.75) is 296 Å². The first-order valence-corrected chi connectivity index (χ1v) is 28.7. The summed E-state index contributed by atoms with van der Waals surface area (Å²) < 4.78 is 26.5. The summed E-state index contributed by atoms with van der Waals surface area (Å²) in [5.41, 5.74) is 0. The topological polar surface area (TPSA) is 119 Å². The second kappa shape index (κ2) is 50.0. The maximum Gasteiger partial charge on any atom is 0.469 e. The van der Waals surface area contributed by atoms with Gasteiger partial charge in [-0.25, -0.2) is 4.57 Å². The number of rotatable bonds is 51. The zero-order chi connectivity index (χ0) is 46.0. The standard InChI is InChI=1S/C54H103O8P/c1-3-5-7-9-11-13-15-17-19-21-23-25-27-29-31-33-35-37-39-41-43-45-47-49-54(56)62-52(51-61-63(57,58)59)50-60-53(55)48-46-44-42-40-38-36-34-32-30-28-26-24-22-20-18-16-14-12-10-8-6-4-2/h33,35,41,43,52H,3-32,34,36-40,42,44-51H2,1-2H3,(H2,57,58,59)/b35-33+,43-41+/t52-/m1/s1. The summed E-state index contributed by atoms with van der Waals surface area (Å²) in [5.74, 6) is -0.917. The van der Waals surface area contributed by atoms with Gasteiger partial charge in [0, 0.05) is 12.8 Å². The van der Waals surface area contributed by atoms with Gasteiger partial charge in [0.1, 0.15) is 6.61 Å². The molecular formula is C54H103O8P. The minimum Gasteiger partial charge on any atom is -0.462 e. The third-order valence-corrected chi connectivity index (χ3v) is 12.7. The van der Waals surface area contributed by atoms with Crippen LogP contribution >= 0.6 is 7.82 Å². The average molecular weight is 911 g/mol. The molecule has 9 heteroatoms. The molecule has 8 nitrogen and oxygen atoms in total. The summed E-state index contributed by atoms with van der Waals surface area (Å²) in [6.07, 6.45) is 60.8. The zero-order valence-electron chi connectivity index (χ0n) is 41.5. The van der Waals surface area contributed by atoms with Gasteiger partial charge >= 0.3 is 19.8 Å². The summed E-state index contributed by atoms with van der Waals surface area (Å²) >= 11 is 0. The summed E-state index contributed by atoms with van der Waals surface area (Å²) in [7, 11) is -4.77. The lowest BCUT2D eigenvalue weighted by molar-refractivity contribution is -0.161. The third kappa shape index (κ3) is 53.0. The van der Waals surface area contributed by atoms with E-state index in [2.05, 4.69) is 42.7 Å². The maximum absolute atomic E-state index is 12.5. The average Bonchev–Trinajstić information content (AvgIpc) is 3.26. The molecule has 0 spiro atoms. The first kappa shape index (κ1) is 61.5. The predicted molar refractivity (Wildman–Crippen MR) is 267 cm³/mol. The number of unbranched alkanes of at least 4 members (excludes halogenated alkanes) is 37. The van der Waals surface area contributed by atoms with E-state index in [4.69, 9.17) is 19.3 Å². The van der Waals surface area contributed by atoms with E-state index in [1.165, 1.54) is 212 Å². The number of esters is 2. The lowest BCUT2D eigenvalue weighted by Crippen LogP contribution is -2.29. The minimum atomic E-state index is -4.77. The molecule has 0 aromatic rings. The smallest absolute Gasteiger partial charge is 0.462 e. The molecule has 0 aliphatic carbocycles. The van der Waals surface area contributed by atoms with Crippen molar-refractivity contribution in [1.82, 2.24) is 0 Å². The van der Waals surface area contributed by atoms with Crippen LogP contribution in [0.3, 0.4) is 0 Å². The molecule has 63 heavy (non-hydrogen) atoms. The molecule has 0 unspecified atom stereocenters. The molecule has 372 valence electrons. The molecule has 1 atom stereocenters. The van der Waals surface area contributed by atoms with Crippen molar-refractivity contribution < 1.29 is 37.9 Å². The summed E-state index contributed by atoms with van der Waals surface area (Å²) in [5, 5.41) is 0. The second-order valence-electron chi connectivity index (χ2n) is 18.6. The van der Waals surface area contributed by atoms with E-state index >= 15 is 0 Å². The molecule has 0 heterocycles. The SMILES string of the molecule is CCCCCCCCCCCCCCCC/C=C/CC/C=C/CCCC(=O)O[C@H](COC(=O)CCCCCCCCCCCCCCCCCCCCCCCC)COP(=O)(O)O. The number of hydrogen-bond donors (Lipinski definition) is 2. The Labute approximate surface area is 390 Å². The van der Waals surface area contributed by atoms with E-state index < -0.39 is 32.5 Å². The number of carbonyl (C=O) groups is 2. The van der Waals surface area contributed by atoms with Gasteiger partial charge in [-0.3, -0.25) is 14.1 Å². The van der Waals surface area contributed by atoms with Crippen molar-refractivity contribution in [1.29, 1.82) is 0 Å². The van der Waals surface area contributed by atoms with Crippen LogP contribution in [0.4, 0.5) is 0 Å². The van der Waals surface area contributed by atoms with Crippen molar-refractivity contribution in [3.8, 4) is 0 Å². The number of carbonyl (C=O) groups excluding carboxylic acids is 2. The zero-order valence-corrected chi connectivity index (χ0v) is 42.4. The Hall–Kier alpha value is -1.47. The molecule has 0 radical (unpaired) electrons. The minimum absolute atomic E-state index is 0.156. The van der Waals surface area contributed by atoms with Gasteiger partial charge in [0.25, 0.3) is 0 Å². The van der Waals surface area contributed by atoms with Crippen molar-refractivity contribution in [2.75, 3.05) is 13.2 Å². The van der Waals surface area contributed by atoms with Crippen LogP contribution in [0.5, 0.6) is 0 Å². The van der Waals surface area contributed by atoms with Crippen LogP contribution in [0.1, 0.15) is 290 Å². The maximum atomic E-state index is 12.5. The van der Waals surface area contributed by atoms with E-state index in [1.807, 2.05) is 0 Å². The van der Waals surface area contributed by atoms with E-state index in [1.54, 1.807) is 0 Å². The third-order valence-electron chi connectivity index (χ3n) is 12.2. The van der Waals surface area contributed by atoms with E-state index in [9.17, 15) is 14.2 Å². The summed E-state index contributed by atoms with van der Waals surface area (Å²) in [6.45, 7) is 3.72. The summed E-state index contributed by atoms with van der Waals surface area (Å²) in [4.78, 5) is 43.1. The van der Waals surface area contributed by atoms with Crippen LogP contribution in [-0.2, 0) is 28.2 Å². The molecule has 0 saturated carbocycles. The quantitative estimate of drug-likeness (QED) is 0.0268. The molecule has 2 N–H and O–H groups in total. The molecule has 0 aromatic heterocycles. The van der Waals surface area contributed by atoms with Crippen LogP contribution in [0.2, 0.25) is 0 Å². The molecule has 0 rings (SSSR count). The molecule has 0 aromatic carbocycles. The Morgan fingerprint density at radius 2 is 0.698 bits per heavy atom. The molecule has 0 saturated heterocycles. The van der Waals surface area contributed by atoms with Gasteiger partial charge in [0.2, 0.25) is 0 Å². The Kier molecular flexibility index (Phi) is 48.8.